The van der Waals surface area contributed by atoms with Crippen LogP contribution in [0.2, 0.25) is 0 Å². The molecule has 0 radical (unpaired) electrons. The van der Waals surface area contributed by atoms with Gasteiger partial charge in [-0.15, -0.1) is 0 Å². The molecule has 9 heterocycles. The van der Waals surface area contributed by atoms with Crippen molar-refractivity contribution in [1.29, 1.82) is 0 Å². The second-order valence-corrected chi connectivity index (χ2v) is 29.5. The number of benzene rings is 13. The number of hydrogen-bond acceptors (Lipinski definition) is 12. The van der Waals surface area contributed by atoms with Crippen LogP contribution >= 0.6 is 35.3 Å². The first-order valence-electron chi connectivity index (χ1n) is 34.8. The summed E-state index contributed by atoms with van der Waals surface area (Å²) in [5.74, 6) is 3.69. The maximum Gasteiger partial charge on any atom is 0.161 e. The summed E-state index contributed by atoms with van der Waals surface area (Å²) in [5.41, 5.74) is 18.5. The molecule has 19 aromatic rings. The van der Waals surface area contributed by atoms with Crippen LogP contribution in [0.3, 0.4) is 0 Å². The summed E-state index contributed by atoms with van der Waals surface area (Å²) in [5, 5.41) is 6.67. The smallest absolute Gasteiger partial charge is 0.161 e. The van der Waals surface area contributed by atoms with Gasteiger partial charge in [0.2, 0.25) is 0 Å². The van der Waals surface area contributed by atoms with E-state index in [1.807, 2.05) is 72.1 Å². The maximum absolute atomic E-state index is 5.55. The first kappa shape index (κ1) is 59.6. The molecule has 0 fully saturated rings. The summed E-state index contributed by atoms with van der Waals surface area (Å²) < 4.78 is 6.77. The van der Waals surface area contributed by atoms with Crippen LogP contribution in [-0.4, -0.2) is 43.6 Å². The van der Waals surface area contributed by atoms with Gasteiger partial charge in [-0.25, -0.2) is 29.9 Å². The van der Waals surface area contributed by atoms with Gasteiger partial charge in [0.25, 0.3) is 0 Å². The minimum atomic E-state index is 0.510. The number of para-hydroxylation sites is 9. The summed E-state index contributed by atoms with van der Waals surface area (Å²) in [6.07, 6.45) is 5.58. The van der Waals surface area contributed by atoms with Crippen molar-refractivity contribution in [2.45, 2.75) is 29.4 Å². The molecule has 3 aliphatic rings. The van der Waals surface area contributed by atoms with E-state index in [0.29, 0.717) is 17.5 Å². The van der Waals surface area contributed by atoms with Crippen LogP contribution in [0.5, 0.6) is 0 Å². The van der Waals surface area contributed by atoms with E-state index in [2.05, 4.69) is 320 Å². The zero-order valence-electron chi connectivity index (χ0n) is 55.8. The topological polar surface area (TPSA) is 102 Å². The van der Waals surface area contributed by atoms with Gasteiger partial charge < -0.3 is 14.7 Å². The predicted octanol–water partition coefficient (Wildman–Crippen LogP) is 24.2. The predicted molar refractivity (Wildman–Crippen MR) is 429 cm³/mol. The minimum absolute atomic E-state index is 0.510. The lowest BCUT2D eigenvalue weighted by Gasteiger charge is -2.32. The minimum Gasteiger partial charge on any atom is -0.308 e. The molecule has 0 saturated carbocycles. The molecular formula is C90H54N12S3. The normalized spacial score (nSPS) is 13.0. The molecule has 15 heteroatoms. The van der Waals surface area contributed by atoms with Crippen LogP contribution in [0.1, 0.15) is 0 Å². The highest BCUT2D eigenvalue weighted by Crippen LogP contribution is 2.56. The summed E-state index contributed by atoms with van der Waals surface area (Å²) in [6, 6.07) is 110. The summed E-state index contributed by atoms with van der Waals surface area (Å²) in [7, 11) is 0. The monoisotopic (exact) mass is 1400 g/mol. The lowest BCUT2D eigenvalue weighted by Crippen LogP contribution is -2.14. The second kappa shape index (κ2) is 23.8. The van der Waals surface area contributed by atoms with Crippen molar-refractivity contribution in [3.8, 4) is 51.6 Å². The number of fused-ring (bicyclic) bond motifs is 15. The highest BCUT2D eigenvalue weighted by molar-refractivity contribution is 8.00. The molecule has 12 nitrogen and oxygen atoms in total. The Morgan fingerprint density at radius 2 is 0.448 bits per heavy atom. The zero-order chi connectivity index (χ0) is 68.8. The highest BCUT2D eigenvalue weighted by Gasteiger charge is 2.30. The fourth-order valence-corrected chi connectivity index (χ4v) is 19.0. The molecule has 0 bridgehead atoms. The summed E-state index contributed by atoms with van der Waals surface area (Å²) in [6.45, 7) is 0. The van der Waals surface area contributed by atoms with Gasteiger partial charge in [0.05, 0.1) is 67.2 Å². The third-order valence-corrected chi connectivity index (χ3v) is 23.7. The molecule has 6 aromatic heterocycles. The van der Waals surface area contributed by atoms with Crippen molar-refractivity contribution in [1.82, 2.24) is 43.6 Å². The molecule has 0 N–H and O–H groups in total. The molecule has 22 rings (SSSR count). The molecule has 13 aromatic carbocycles. The summed E-state index contributed by atoms with van der Waals surface area (Å²) >= 11 is 5.43. The lowest BCUT2D eigenvalue weighted by atomic mass is 10.0. The zero-order valence-corrected chi connectivity index (χ0v) is 58.2. The number of aromatic nitrogens is 9. The number of anilines is 9. The van der Waals surface area contributed by atoms with Gasteiger partial charge >= 0.3 is 0 Å². The molecule has 3 aliphatic heterocycles. The quantitative estimate of drug-likeness (QED) is 0.137. The third kappa shape index (κ3) is 9.52. The Morgan fingerprint density at radius 3 is 0.724 bits per heavy atom. The van der Waals surface area contributed by atoms with Crippen LogP contribution < -0.4 is 14.7 Å². The molecule has 0 saturated heterocycles. The molecule has 492 valence electrons. The number of nitrogens with zero attached hydrogens (tertiary/aromatic N) is 12. The van der Waals surface area contributed by atoms with Crippen molar-refractivity contribution < 1.29 is 0 Å². The Hall–Kier alpha value is -13.1. The van der Waals surface area contributed by atoms with Crippen molar-refractivity contribution in [3.63, 3.8) is 0 Å². The van der Waals surface area contributed by atoms with Gasteiger partial charge in [-0.3, -0.25) is 13.7 Å². The van der Waals surface area contributed by atoms with E-state index in [-0.39, 0.29) is 0 Å². The van der Waals surface area contributed by atoms with Crippen molar-refractivity contribution in [3.05, 3.63) is 328 Å². The number of hydrogen-bond donors (Lipinski definition) is 0. The SMILES string of the molecule is c1ccc2c(c1)Sc1ccccc1N2c1ccc2c(c1)c1ccccc1n2-c1ccnc(-c2cc(-c3nccc(-n4c5ccccc5c5cc(N6c7ccccc7Sc7ccccc76)ccc54)n3)cc(-c3nccc(-n4c5ccccc5c5cc(N6c7ccccc7Sc7ccccc76)ccc54)n3)c2)n1. The molecule has 0 amide bonds. The Kier molecular flexibility index (Phi) is 13.5. The second-order valence-electron chi connectivity index (χ2n) is 26.3. The van der Waals surface area contributed by atoms with E-state index in [0.717, 1.165) is 151 Å². The van der Waals surface area contributed by atoms with E-state index in [4.69, 9.17) is 29.9 Å². The fourth-order valence-electron chi connectivity index (χ4n) is 15.8. The van der Waals surface area contributed by atoms with Gasteiger partial charge in [0.1, 0.15) is 17.5 Å². The van der Waals surface area contributed by atoms with Gasteiger partial charge in [-0.1, -0.05) is 163 Å². The first-order chi connectivity index (χ1) is 52.0. The molecule has 0 unspecified atom stereocenters. The van der Waals surface area contributed by atoms with E-state index in [9.17, 15) is 0 Å². The van der Waals surface area contributed by atoms with E-state index < -0.39 is 0 Å². The van der Waals surface area contributed by atoms with Gasteiger partial charge in [-0.2, -0.15) is 0 Å². The van der Waals surface area contributed by atoms with E-state index in [1.54, 1.807) is 0 Å². The van der Waals surface area contributed by atoms with Gasteiger partial charge in [0.15, 0.2) is 17.5 Å². The largest absolute Gasteiger partial charge is 0.308 e. The van der Waals surface area contributed by atoms with E-state index >= 15 is 0 Å². The van der Waals surface area contributed by atoms with Crippen LogP contribution in [0, 0.1) is 0 Å². The molecule has 105 heavy (non-hydrogen) atoms. The average molecular weight is 1400 g/mol. The third-order valence-electron chi connectivity index (χ3n) is 20.4. The van der Waals surface area contributed by atoms with Crippen molar-refractivity contribution >= 4 is 152 Å². The van der Waals surface area contributed by atoms with Crippen molar-refractivity contribution in [2.75, 3.05) is 14.7 Å². The summed E-state index contributed by atoms with van der Waals surface area (Å²) in [4.78, 5) is 46.5. The van der Waals surface area contributed by atoms with Crippen LogP contribution in [0.4, 0.5) is 51.2 Å². The van der Waals surface area contributed by atoms with Gasteiger partial charge in [-0.05, 0) is 182 Å². The Labute approximate surface area is 614 Å². The highest BCUT2D eigenvalue weighted by atomic mass is 32.2. The average Bonchev–Trinajstić information content (AvgIpc) is 1.63. The standard InChI is InChI=1S/C90H54N12S3/c1-4-22-67-61(19-1)64-52-58(97-73-25-7-13-31-79(73)103-80-32-14-8-26-74(80)97)37-40-70(64)100(67)85-43-46-91-88(94-85)55-49-56(89-92-47-44-86(95-89)101-68-23-5-2-20-62(68)65-53-59(38-41-71(65)101)98-75-27-9-15-33-81(75)104-82-34-16-10-28-76(82)98)51-57(50-55)90-93-48-45-87(96-90)102-69-24-6-3-21-63(69)66-54-60(39-42-72(66)102)99-77-29-11-17-35-83(77)105-84-36-18-12-30-78(84)99/h1-54H. The Morgan fingerprint density at radius 1 is 0.210 bits per heavy atom. The Bertz CT molecular complexity index is 6060. The molecule has 0 aliphatic carbocycles. The van der Waals surface area contributed by atoms with Crippen LogP contribution in [0.25, 0.3) is 117 Å². The first-order valence-corrected chi connectivity index (χ1v) is 37.2. The molecule has 0 spiro atoms. The number of rotatable bonds is 9. The fraction of sp³-hybridized carbons (Fsp3) is 0. The molecular weight excluding hydrogens is 1350 g/mol. The van der Waals surface area contributed by atoms with Gasteiger partial charge in [0, 0.05) is 114 Å². The van der Waals surface area contributed by atoms with Crippen molar-refractivity contribution in [2.24, 2.45) is 0 Å². The van der Waals surface area contributed by atoms with Crippen LogP contribution in [0.15, 0.2) is 357 Å². The maximum atomic E-state index is 5.55. The molecule has 0 atom stereocenters. The Balaban J connectivity index is 0.697. The lowest BCUT2D eigenvalue weighted by molar-refractivity contribution is 1.04. The van der Waals surface area contributed by atoms with E-state index in [1.165, 1.54) is 29.4 Å². The van der Waals surface area contributed by atoms with Crippen LogP contribution in [-0.2, 0) is 0 Å².